The van der Waals surface area contributed by atoms with Gasteiger partial charge in [0.1, 0.15) is 6.54 Å². The van der Waals surface area contributed by atoms with Crippen molar-refractivity contribution in [2.75, 3.05) is 0 Å². The average molecular weight is 415 g/mol. The van der Waals surface area contributed by atoms with Gasteiger partial charge in [0.25, 0.3) is 5.56 Å². The van der Waals surface area contributed by atoms with Crippen molar-refractivity contribution in [3.8, 4) is 17.5 Å². The lowest BCUT2D eigenvalue weighted by Gasteiger charge is -2.13. The molecule has 0 bridgehead atoms. The predicted molar refractivity (Wildman–Crippen MR) is 120 cm³/mol. The molecule has 0 spiro atoms. The molecule has 7 heteroatoms. The molecule has 0 fully saturated rings. The van der Waals surface area contributed by atoms with Crippen LogP contribution in [0.4, 0.5) is 0 Å². The average Bonchev–Trinajstić information content (AvgIpc) is 3.08. The van der Waals surface area contributed by atoms with E-state index in [0.717, 1.165) is 28.3 Å². The van der Waals surface area contributed by atoms with Crippen LogP contribution in [0.1, 0.15) is 25.3 Å². The number of aromatic nitrogens is 3. The van der Waals surface area contributed by atoms with Crippen molar-refractivity contribution in [2.45, 2.75) is 26.3 Å². The maximum atomic E-state index is 13.3. The molecule has 1 N–H and O–H groups in total. The number of benzene rings is 2. The van der Waals surface area contributed by atoms with Gasteiger partial charge in [0, 0.05) is 36.1 Å². The number of nitrogens with zero attached hydrogens (tertiary/aromatic N) is 3. The minimum atomic E-state index is -1.26. The minimum Gasteiger partial charge on any atom is -0.480 e. The number of fused-ring (bicyclic) bond motifs is 2. The summed E-state index contributed by atoms with van der Waals surface area (Å²) in [6, 6.07) is 12.7. The van der Waals surface area contributed by atoms with Crippen LogP contribution in [0.25, 0.3) is 27.5 Å². The van der Waals surface area contributed by atoms with Crippen molar-refractivity contribution in [1.29, 1.82) is 0 Å². The first kappa shape index (κ1) is 20.2. The summed E-state index contributed by atoms with van der Waals surface area (Å²) in [5, 5.41) is 10.4. The Morgan fingerprint density at radius 3 is 2.58 bits per heavy atom. The van der Waals surface area contributed by atoms with E-state index in [1.165, 1.54) is 4.57 Å². The number of carboxylic acid groups (broad SMARTS) is 1. The van der Waals surface area contributed by atoms with E-state index in [-0.39, 0.29) is 5.39 Å². The SMILES string of the molecule is CCCC#Cc1ccc2c(c1)c(=O)n(CC(=O)O)c(=O)n2-c1cn(C)c2ccccc12. The molecule has 31 heavy (non-hydrogen) atoms. The summed E-state index contributed by atoms with van der Waals surface area (Å²) in [5.41, 5.74) is 1.21. The Kier molecular flexibility index (Phi) is 5.22. The van der Waals surface area contributed by atoms with Crippen LogP contribution in [-0.4, -0.2) is 24.8 Å². The molecule has 0 aliphatic carbocycles. The quantitative estimate of drug-likeness (QED) is 0.520. The fourth-order valence-electron chi connectivity index (χ4n) is 3.73. The first-order valence-electron chi connectivity index (χ1n) is 9.97. The Morgan fingerprint density at radius 2 is 1.84 bits per heavy atom. The number of unbranched alkanes of at least 4 members (excludes halogenated alkanes) is 1. The van der Waals surface area contributed by atoms with Crippen molar-refractivity contribution in [3.05, 3.63) is 75.1 Å². The van der Waals surface area contributed by atoms with Gasteiger partial charge in [0.2, 0.25) is 0 Å². The van der Waals surface area contributed by atoms with Gasteiger partial charge in [-0.25, -0.2) is 9.36 Å². The fourth-order valence-corrected chi connectivity index (χ4v) is 3.73. The van der Waals surface area contributed by atoms with E-state index in [1.54, 1.807) is 24.4 Å². The van der Waals surface area contributed by atoms with E-state index in [4.69, 9.17) is 0 Å². The molecule has 0 atom stereocenters. The van der Waals surface area contributed by atoms with Crippen LogP contribution in [0.2, 0.25) is 0 Å². The molecule has 4 rings (SSSR count). The van der Waals surface area contributed by atoms with Crippen LogP contribution >= 0.6 is 0 Å². The zero-order chi connectivity index (χ0) is 22.1. The molecule has 2 heterocycles. The second kappa shape index (κ2) is 8.00. The van der Waals surface area contributed by atoms with E-state index in [9.17, 15) is 19.5 Å². The molecule has 0 aliphatic rings. The largest absolute Gasteiger partial charge is 0.480 e. The van der Waals surface area contributed by atoms with Gasteiger partial charge in [-0.15, -0.1) is 0 Å². The van der Waals surface area contributed by atoms with E-state index < -0.39 is 23.8 Å². The molecule has 0 saturated carbocycles. The van der Waals surface area contributed by atoms with Crippen LogP contribution in [0, 0.1) is 11.8 Å². The molecule has 2 aromatic carbocycles. The summed E-state index contributed by atoms with van der Waals surface area (Å²) >= 11 is 0. The van der Waals surface area contributed by atoms with Crippen LogP contribution in [0.3, 0.4) is 0 Å². The normalized spacial score (nSPS) is 10.9. The summed E-state index contributed by atoms with van der Waals surface area (Å²) in [6.45, 7) is 1.31. The highest BCUT2D eigenvalue weighted by atomic mass is 16.4. The third-order valence-electron chi connectivity index (χ3n) is 5.15. The number of hydrogen-bond donors (Lipinski definition) is 1. The van der Waals surface area contributed by atoms with Crippen LogP contribution in [0.15, 0.2) is 58.3 Å². The Balaban J connectivity index is 2.11. The van der Waals surface area contributed by atoms with Crippen molar-refractivity contribution in [3.63, 3.8) is 0 Å². The molecule has 0 radical (unpaired) electrons. The molecule has 0 saturated heterocycles. The molecule has 7 nitrogen and oxygen atoms in total. The number of hydrogen-bond acceptors (Lipinski definition) is 3. The van der Waals surface area contributed by atoms with E-state index in [2.05, 4.69) is 11.8 Å². The van der Waals surface area contributed by atoms with Gasteiger partial charge in [-0.3, -0.25) is 14.2 Å². The first-order chi connectivity index (χ1) is 14.9. The highest BCUT2D eigenvalue weighted by Gasteiger charge is 2.19. The molecular weight excluding hydrogens is 394 g/mol. The Morgan fingerprint density at radius 1 is 1.06 bits per heavy atom. The molecule has 4 aromatic rings. The number of aliphatic carboxylic acids is 1. The van der Waals surface area contributed by atoms with E-state index in [1.807, 2.05) is 42.8 Å². The molecule has 0 amide bonds. The lowest BCUT2D eigenvalue weighted by atomic mass is 10.1. The number of carbonyl (C=O) groups is 1. The maximum Gasteiger partial charge on any atom is 0.336 e. The third kappa shape index (κ3) is 3.53. The van der Waals surface area contributed by atoms with Crippen molar-refractivity contribution >= 4 is 27.8 Å². The molecule has 2 aromatic heterocycles. The van der Waals surface area contributed by atoms with Crippen molar-refractivity contribution in [2.24, 2.45) is 7.05 Å². The van der Waals surface area contributed by atoms with Crippen molar-refractivity contribution < 1.29 is 9.90 Å². The Bertz CT molecular complexity index is 1510. The summed E-state index contributed by atoms with van der Waals surface area (Å²) in [6.07, 6.45) is 3.46. The summed E-state index contributed by atoms with van der Waals surface area (Å²) < 4.78 is 4.06. The number of aryl methyl sites for hydroxylation is 1. The second-order valence-electron chi connectivity index (χ2n) is 7.33. The molecular formula is C24H21N3O4. The Labute approximate surface area is 177 Å². The topological polar surface area (TPSA) is 86.2 Å². The van der Waals surface area contributed by atoms with Crippen LogP contribution in [-0.2, 0) is 18.4 Å². The predicted octanol–water partition coefficient (Wildman–Crippen LogP) is 2.88. The molecule has 0 unspecified atom stereocenters. The summed E-state index contributed by atoms with van der Waals surface area (Å²) in [4.78, 5) is 37.7. The van der Waals surface area contributed by atoms with Gasteiger partial charge in [-0.2, -0.15) is 0 Å². The van der Waals surface area contributed by atoms with E-state index in [0.29, 0.717) is 16.8 Å². The van der Waals surface area contributed by atoms with Gasteiger partial charge in [0.15, 0.2) is 0 Å². The third-order valence-corrected chi connectivity index (χ3v) is 5.15. The zero-order valence-electron chi connectivity index (χ0n) is 17.3. The van der Waals surface area contributed by atoms with Gasteiger partial charge < -0.3 is 9.67 Å². The Hall–Kier alpha value is -4.05. The minimum absolute atomic E-state index is 0.247. The molecule has 0 aliphatic heterocycles. The van der Waals surface area contributed by atoms with Gasteiger partial charge >= 0.3 is 11.7 Å². The first-order valence-corrected chi connectivity index (χ1v) is 9.97. The van der Waals surface area contributed by atoms with Crippen LogP contribution in [0.5, 0.6) is 0 Å². The lowest BCUT2D eigenvalue weighted by molar-refractivity contribution is -0.137. The number of rotatable bonds is 4. The highest BCUT2D eigenvalue weighted by molar-refractivity contribution is 5.92. The second-order valence-corrected chi connectivity index (χ2v) is 7.33. The van der Waals surface area contributed by atoms with E-state index >= 15 is 0 Å². The standard InChI is InChI=1S/C24H21N3O4/c1-3-4-5-8-16-11-12-20-18(13-16)23(30)26(15-22(28)29)24(31)27(20)21-14-25(2)19-10-7-6-9-17(19)21/h6-7,9-14H,3-4,15H2,1-2H3,(H,28,29). The number of carboxylic acids is 1. The molecule has 156 valence electrons. The van der Waals surface area contributed by atoms with Gasteiger partial charge in [-0.1, -0.05) is 37.0 Å². The number of para-hydroxylation sites is 1. The van der Waals surface area contributed by atoms with Gasteiger partial charge in [-0.05, 0) is 30.7 Å². The fraction of sp³-hybridized carbons (Fsp3) is 0.208. The zero-order valence-corrected chi connectivity index (χ0v) is 17.3. The lowest BCUT2D eigenvalue weighted by Crippen LogP contribution is -2.41. The monoisotopic (exact) mass is 415 g/mol. The summed E-state index contributed by atoms with van der Waals surface area (Å²) in [5.74, 6) is 4.81. The van der Waals surface area contributed by atoms with Crippen molar-refractivity contribution in [1.82, 2.24) is 13.7 Å². The maximum absolute atomic E-state index is 13.3. The summed E-state index contributed by atoms with van der Waals surface area (Å²) in [7, 11) is 1.87. The smallest absolute Gasteiger partial charge is 0.336 e. The van der Waals surface area contributed by atoms with Gasteiger partial charge in [0.05, 0.1) is 16.6 Å². The highest BCUT2D eigenvalue weighted by Crippen LogP contribution is 2.25. The van der Waals surface area contributed by atoms with Crippen LogP contribution < -0.4 is 11.2 Å².